The van der Waals surface area contributed by atoms with Gasteiger partial charge >= 0.3 is 0 Å². The van der Waals surface area contributed by atoms with Crippen LogP contribution in [0, 0.1) is 5.92 Å². The van der Waals surface area contributed by atoms with E-state index >= 15 is 0 Å². The molecule has 1 atom stereocenters. The monoisotopic (exact) mass is 284 g/mol. The van der Waals surface area contributed by atoms with Gasteiger partial charge in [-0.25, -0.2) is 13.1 Å². The van der Waals surface area contributed by atoms with Gasteiger partial charge in [-0.3, -0.25) is 0 Å². The number of hydrogen-bond acceptors (Lipinski definition) is 3. The molecule has 0 saturated heterocycles. The summed E-state index contributed by atoms with van der Waals surface area (Å²) in [6.07, 6.45) is 1.59. The van der Waals surface area contributed by atoms with Crippen molar-refractivity contribution in [2.45, 2.75) is 44.6 Å². The SMILES string of the molecule is CC(C)CCNS(=O)(=O)c1ccc(CC(C)N)cc1. The summed E-state index contributed by atoms with van der Waals surface area (Å²) in [5.41, 5.74) is 6.76. The van der Waals surface area contributed by atoms with Crippen molar-refractivity contribution >= 4 is 10.0 Å². The lowest BCUT2D eigenvalue weighted by Gasteiger charge is -2.09. The first kappa shape index (κ1) is 16.1. The molecule has 0 saturated carbocycles. The number of hydrogen-bond donors (Lipinski definition) is 2. The average Bonchev–Trinajstić information content (AvgIpc) is 2.28. The lowest BCUT2D eigenvalue weighted by Crippen LogP contribution is -2.25. The molecule has 1 aromatic rings. The highest BCUT2D eigenvalue weighted by Gasteiger charge is 2.13. The molecule has 0 amide bonds. The van der Waals surface area contributed by atoms with Crippen LogP contribution < -0.4 is 10.5 Å². The summed E-state index contributed by atoms with van der Waals surface area (Å²) in [5.74, 6) is 0.483. The molecule has 1 unspecified atom stereocenters. The van der Waals surface area contributed by atoms with Crippen LogP contribution in [0.15, 0.2) is 29.2 Å². The summed E-state index contributed by atoms with van der Waals surface area (Å²) in [5, 5.41) is 0. The van der Waals surface area contributed by atoms with Gasteiger partial charge in [0.25, 0.3) is 0 Å². The largest absolute Gasteiger partial charge is 0.328 e. The van der Waals surface area contributed by atoms with Crippen molar-refractivity contribution in [2.24, 2.45) is 11.7 Å². The number of nitrogens with one attached hydrogen (secondary N) is 1. The summed E-state index contributed by atoms with van der Waals surface area (Å²) in [4.78, 5) is 0.310. The molecule has 0 aliphatic heterocycles. The molecule has 5 heteroatoms. The van der Waals surface area contributed by atoms with Crippen LogP contribution in [0.2, 0.25) is 0 Å². The van der Waals surface area contributed by atoms with E-state index in [0.717, 1.165) is 18.4 Å². The molecule has 19 heavy (non-hydrogen) atoms. The normalized spacial score (nSPS) is 13.7. The minimum Gasteiger partial charge on any atom is -0.328 e. The molecule has 0 aliphatic carbocycles. The third kappa shape index (κ3) is 5.72. The highest BCUT2D eigenvalue weighted by Crippen LogP contribution is 2.12. The fourth-order valence-corrected chi connectivity index (χ4v) is 2.79. The number of nitrogens with two attached hydrogens (primary N) is 1. The van der Waals surface area contributed by atoms with E-state index in [-0.39, 0.29) is 6.04 Å². The Labute approximate surface area is 116 Å². The summed E-state index contributed by atoms with van der Waals surface area (Å²) in [6, 6.07) is 6.98. The van der Waals surface area contributed by atoms with Crippen molar-refractivity contribution in [1.82, 2.24) is 4.72 Å². The van der Waals surface area contributed by atoms with Gasteiger partial charge in [-0.2, -0.15) is 0 Å². The van der Waals surface area contributed by atoms with Gasteiger partial charge < -0.3 is 5.73 Å². The zero-order chi connectivity index (χ0) is 14.5. The van der Waals surface area contributed by atoms with Gasteiger partial charge in [0.1, 0.15) is 0 Å². The molecule has 0 aliphatic rings. The number of rotatable bonds is 7. The molecule has 0 radical (unpaired) electrons. The Morgan fingerprint density at radius 3 is 2.21 bits per heavy atom. The second kappa shape index (κ2) is 7.03. The van der Waals surface area contributed by atoms with Crippen molar-refractivity contribution in [1.29, 1.82) is 0 Å². The summed E-state index contributed by atoms with van der Waals surface area (Å²) >= 11 is 0. The van der Waals surface area contributed by atoms with E-state index in [1.807, 2.05) is 19.1 Å². The van der Waals surface area contributed by atoms with Crippen LogP contribution in [0.1, 0.15) is 32.8 Å². The van der Waals surface area contributed by atoms with E-state index in [9.17, 15) is 8.42 Å². The third-order valence-corrected chi connectivity index (χ3v) is 4.28. The highest BCUT2D eigenvalue weighted by molar-refractivity contribution is 7.89. The molecule has 1 rings (SSSR count). The second-order valence-electron chi connectivity index (χ2n) is 5.41. The van der Waals surface area contributed by atoms with Gasteiger partial charge in [0.15, 0.2) is 0 Å². The fourth-order valence-electron chi connectivity index (χ4n) is 1.74. The van der Waals surface area contributed by atoms with Gasteiger partial charge in [-0.1, -0.05) is 26.0 Å². The minimum atomic E-state index is -3.38. The number of benzene rings is 1. The molecule has 0 fully saturated rings. The Bertz CT molecular complexity index is 479. The maximum atomic E-state index is 12.0. The molecule has 4 nitrogen and oxygen atoms in total. The van der Waals surface area contributed by atoms with Crippen LogP contribution >= 0.6 is 0 Å². The molecule has 0 heterocycles. The Balaban J connectivity index is 2.68. The summed E-state index contributed by atoms with van der Waals surface area (Å²) in [7, 11) is -3.38. The van der Waals surface area contributed by atoms with Crippen molar-refractivity contribution in [3.8, 4) is 0 Å². The molecule has 0 spiro atoms. The van der Waals surface area contributed by atoms with Crippen LogP contribution in [0.4, 0.5) is 0 Å². The van der Waals surface area contributed by atoms with Gasteiger partial charge in [-0.15, -0.1) is 0 Å². The Kier molecular flexibility index (Phi) is 5.97. The van der Waals surface area contributed by atoms with Crippen LogP contribution in [-0.2, 0) is 16.4 Å². The molecule has 0 aromatic heterocycles. The highest BCUT2D eigenvalue weighted by atomic mass is 32.2. The Hall–Kier alpha value is -0.910. The van der Waals surface area contributed by atoms with Gasteiger partial charge in [0.05, 0.1) is 4.90 Å². The maximum Gasteiger partial charge on any atom is 0.240 e. The average molecular weight is 284 g/mol. The van der Waals surface area contributed by atoms with E-state index in [4.69, 9.17) is 5.73 Å². The Morgan fingerprint density at radius 1 is 1.16 bits per heavy atom. The van der Waals surface area contributed by atoms with Crippen LogP contribution in [0.5, 0.6) is 0 Å². The third-order valence-electron chi connectivity index (χ3n) is 2.81. The predicted octanol–water partition coefficient (Wildman–Crippen LogP) is 1.90. The van der Waals surface area contributed by atoms with Gasteiger partial charge in [0, 0.05) is 12.6 Å². The lowest BCUT2D eigenvalue weighted by molar-refractivity contribution is 0.551. The van der Waals surface area contributed by atoms with E-state index < -0.39 is 10.0 Å². The van der Waals surface area contributed by atoms with Crippen molar-refractivity contribution in [2.75, 3.05) is 6.54 Å². The summed E-state index contributed by atoms with van der Waals surface area (Å²) < 4.78 is 26.6. The topological polar surface area (TPSA) is 72.2 Å². The smallest absolute Gasteiger partial charge is 0.240 e. The maximum absolute atomic E-state index is 12.0. The zero-order valence-electron chi connectivity index (χ0n) is 11.9. The molecular formula is C14H24N2O2S. The van der Waals surface area contributed by atoms with Crippen molar-refractivity contribution in [3.63, 3.8) is 0 Å². The standard InChI is InChI=1S/C14H24N2O2S/c1-11(2)8-9-16-19(17,18)14-6-4-13(5-7-14)10-12(3)15/h4-7,11-12,16H,8-10,15H2,1-3H3. The molecule has 108 valence electrons. The first-order valence-electron chi connectivity index (χ1n) is 6.65. The fraction of sp³-hybridized carbons (Fsp3) is 0.571. The van der Waals surface area contributed by atoms with Crippen LogP contribution in [0.25, 0.3) is 0 Å². The van der Waals surface area contributed by atoms with Crippen LogP contribution in [-0.4, -0.2) is 21.0 Å². The van der Waals surface area contributed by atoms with E-state index in [1.54, 1.807) is 12.1 Å². The summed E-state index contributed by atoms with van der Waals surface area (Å²) in [6.45, 7) is 6.54. The molecule has 0 bridgehead atoms. The van der Waals surface area contributed by atoms with Crippen molar-refractivity contribution < 1.29 is 8.42 Å². The number of sulfonamides is 1. The minimum absolute atomic E-state index is 0.0756. The first-order valence-corrected chi connectivity index (χ1v) is 8.14. The van der Waals surface area contributed by atoms with E-state index in [1.165, 1.54) is 0 Å². The van der Waals surface area contributed by atoms with E-state index in [0.29, 0.717) is 17.4 Å². The lowest BCUT2D eigenvalue weighted by atomic mass is 10.1. The molecule has 1 aromatic carbocycles. The molecular weight excluding hydrogens is 260 g/mol. The van der Waals surface area contributed by atoms with Crippen molar-refractivity contribution in [3.05, 3.63) is 29.8 Å². The predicted molar refractivity (Wildman–Crippen MR) is 78.4 cm³/mol. The van der Waals surface area contributed by atoms with E-state index in [2.05, 4.69) is 18.6 Å². The quantitative estimate of drug-likeness (QED) is 0.803. The van der Waals surface area contributed by atoms with Gasteiger partial charge in [-0.05, 0) is 43.4 Å². The van der Waals surface area contributed by atoms with Crippen LogP contribution in [0.3, 0.4) is 0 Å². The van der Waals surface area contributed by atoms with Gasteiger partial charge in [0.2, 0.25) is 10.0 Å². The first-order chi connectivity index (χ1) is 8.81. The molecule has 3 N–H and O–H groups in total. The zero-order valence-corrected chi connectivity index (χ0v) is 12.7. The Morgan fingerprint density at radius 2 is 1.74 bits per heavy atom. The second-order valence-corrected chi connectivity index (χ2v) is 7.17.